The number of hydrogen-bond donors (Lipinski definition) is 1. The predicted molar refractivity (Wildman–Crippen MR) is 83.1 cm³/mol. The molecule has 2 N–H and O–H groups in total. The predicted octanol–water partition coefficient (Wildman–Crippen LogP) is 3.51. The lowest BCUT2D eigenvalue weighted by molar-refractivity contribution is 0.197. The number of hydrogen-bond acceptors (Lipinski definition) is 2. The Labute approximate surface area is 120 Å². The van der Waals surface area contributed by atoms with Gasteiger partial charge in [0, 0.05) is 19.1 Å². The van der Waals surface area contributed by atoms with E-state index in [1.54, 1.807) is 6.42 Å². The Morgan fingerprint density at radius 1 is 1.16 bits per heavy atom. The Hall–Kier alpha value is -0.0800. The maximum absolute atomic E-state index is 5.81. The van der Waals surface area contributed by atoms with Crippen LogP contribution in [0, 0.1) is 23.7 Å². The van der Waals surface area contributed by atoms with Crippen LogP contribution in [-0.4, -0.2) is 31.1 Å². The lowest BCUT2D eigenvalue weighted by Gasteiger charge is -2.29. The van der Waals surface area contributed by atoms with Crippen LogP contribution in [0.25, 0.3) is 0 Å². The molecule has 0 heterocycles. The van der Waals surface area contributed by atoms with E-state index >= 15 is 0 Å². The van der Waals surface area contributed by atoms with Crippen LogP contribution < -0.4 is 5.73 Å². The Balaban J connectivity index is 1.59. The van der Waals surface area contributed by atoms with Crippen molar-refractivity contribution in [3.8, 4) is 0 Å². The first-order valence-corrected chi connectivity index (χ1v) is 8.48. The monoisotopic (exact) mass is 266 g/mol. The molecule has 0 aliphatic heterocycles. The summed E-state index contributed by atoms with van der Waals surface area (Å²) in [6.07, 6.45) is 9.92. The zero-order valence-electron chi connectivity index (χ0n) is 13.3. The highest BCUT2D eigenvalue weighted by molar-refractivity contribution is 4.91. The smallest absolute Gasteiger partial charge is 0.00104 e. The third kappa shape index (κ3) is 4.75. The molecule has 5 unspecified atom stereocenters. The molecular formula is C17H34N2. The van der Waals surface area contributed by atoms with Gasteiger partial charge in [-0.1, -0.05) is 19.8 Å². The van der Waals surface area contributed by atoms with Gasteiger partial charge in [-0.2, -0.15) is 0 Å². The summed E-state index contributed by atoms with van der Waals surface area (Å²) in [5.74, 6) is 4.00. The van der Waals surface area contributed by atoms with Crippen LogP contribution in [0.15, 0.2) is 0 Å². The van der Waals surface area contributed by atoms with E-state index in [-0.39, 0.29) is 0 Å². The number of fused-ring (bicyclic) bond motifs is 2. The van der Waals surface area contributed by atoms with Crippen LogP contribution in [0.4, 0.5) is 0 Å². The minimum absolute atomic E-state index is 0.374. The van der Waals surface area contributed by atoms with Gasteiger partial charge in [-0.25, -0.2) is 0 Å². The molecule has 0 spiro atoms. The Kier molecular flexibility index (Phi) is 5.70. The van der Waals surface area contributed by atoms with Crippen molar-refractivity contribution in [1.82, 2.24) is 4.90 Å². The van der Waals surface area contributed by atoms with E-state index in [1.165, 1.54) is 51.6 Å². The number of rotatable bonds is 8. The molecule has 2 rings (SSSR count). The van der Waals surface area contributed by atoms with Crippen LogP contribution in [0.3, 0.4) is 0 Å². The molecule has 0 radical (unpaired) electrons. The molecule has 0 amide bonds. The maximum Gasteiger partial charge on any atom is 0.00104 e. The van der Waals surface area contributed by atoms with Gasteiger partial charge in [-0.3, -0.25) is 0 Å². The summed E-state index contributed by atoms with van der Waals surface area (Å²) in [5, 5.41) is 0. The molecule has 2 saturated carbocycles. The fourth-order valence-electron chi connectivity index (χ4n) is 4.49. The third-order valence-corrected chi connectivity index (χ3v) is 5.41. The van der Waals surface area contributed by atoms with Gasteiger partial charge in [0.1, 0.15) is 0 Å². The van der Waals surface area contributed by atoms with Gasteiger partial charge in [0.2, 0.25) is 0 Å². The summed E-state index contributed by atoms with van der Waals surface area (Å²) in [5.41, 5.74) is 5.81. The van der Waals surface area contributed by atoms with Crippen molar-refractivity contribution < 1.29 is 0 Å². The largest absolute Gasteiger partial charge is 0.328 e. The van der Waals surface area contributed by atoms with Crippen molar-refractivity contribution in [2.24, 2.45) is 29.4 Å². The zero-order chi connectivity index (χ0) is 13.8. The first-order chi connectivity index (χ1) is 9.04. The van der Waals surface area contributed by atoms with Crippen LogP contribution >= 0.6 is 0 Å². The molecule has 2 aliphatic rings. The lowest BCUT2D eigenvalue weighted by atomic mass is 9.88. The summed E-state index contributed by atoms with van der Waals surface area (Å²) in [7, 11) is 2.33. The molecule has 19 heavy (non-hydrogen) atoms. The lowest BCUT2D eigenvalue weighted by Crippen LogP contribution is -2.32. The van der Waals surface area contributed by atoms with E-state index < -0.39 is 0 Å². The van der Waals surface area contributed by atoms with E-state index in [0.717, 1.165) is 23.7 Å². The van der Waals surface area contributed by atoms with E-state index in [9.17, 15) is 0 Å². The molecule has 0 saturated heterocycles. The van der Waals surface area contributed by atoms with Crippen LogP contribution in [-0.2, 0) is 0 Å². The average molecular weight is 266 g/mol. The molecule has 2 nitrogen and oxygen atoms in total. The molecular weight excluding hydrogens is 232 g/mol. The van der Waals surface area contributed by atoms with Gasteiger partial charge >= 0.3 is 0 Å². The van der Waals surface area contributed by atoms with Crippen LogP contribution in [0.1, 0.15) is 58.8 Å². The molecule has 0 aromatic heterocycles. The minimum atomic E-state index is 0.374. The SMILES string of the molecule is CC(N)CCCC(C)CN(C)CC1CC2CCC1C2. The van der Waals surface area contributed by atoms with Crippen molar-refractivity contribution in [2.45, 2.75) is 64.8 Å². The summed E-state index contributed by atoms with van der Waals surface area (Å²) in [6.45, 7) is 7.13. The molecule has 0 aromatic carbocycles. The summed E-state index contributed by atoms with van der Waals surface area (Å²) in [6, 6.07) is 0.374. The second kappa shape index (κ2) is 7.08. The first kappa shape index (κ1) is 15.3. The molecule has 2 heteroatoms. The molecule has 0 aromatic rings. The highest BCUT2D eigenvalue weighted by Crippen LogP contribution is 2.48. The number of nitrogens with two attached hydrogens (primary N) is 1. The topological polar surface area (TPSA) is 29.3 Å². The third-order valence-electron chi connectivity index (χ3n) is 5.41. The van der Waals surface area contributed by atoms with Gasteiger partial charge in [-0.15, -0.1) is 0 Å². The van der Waals surface area contributed by atoms with Gasteiger partial charge in [-0.05, 0) is 69.7 Å². The van der Waals surface area contributed by atoms with E-state index in [4.69, 9.17) is 5.73 Å². The normalized spacial score (nSPS) is 33.0. The van der Waals surface area contributed by atoms with Crippen LogP contribution in [0.5, 0.6) is 0 Å². The summed E-state index contributed by atoms with van der Waals surface area (Å²) < 4.78 is 0. The van der Waals surface area contributed by atoms with E-state index in [2.05, 4.69) is 25.8 Å². The van der Waals surface area contributed by atoms with Gasteiger partial charge in [0.15, 0.2) is 0 Å². The van der Waals surface area contributed by atoms with Gasteiger partial charge in [0.05, 0.1) is 0 Å². The quantitative estimate of drug-likeness (QED) is 0.728. The maximum atomic E-state index is 5.81. The highest BCUT2D eigenvalue weighted by Gasteiger charge is 2.39. The van der Waals surface area contributed by atoms with Crippen molar-refractivity contribution in [3.05, 3.63) is 0 Å². The van der Waals surface area contributed by atoms with Gasteiger partial charge in [0.25, 0.3) is 0 Å². The van der Waals surface area contributed by atoms with Crippen LogP contribution in [0.2, 0.25) is 0 Å². The minimum Gasteiger partial charge on any atom is -0.328 e. The molecule has 5 atom stereocenters. The second-order valence-electron chi connectivity index (χ2n) is 7.67. The zero-order valence-corrected chi connectivity index (χ0v) is 13.3. The second-order valence-corrected chi connectivity index (χ2v) is 7.67. The van der Waals surface area contributed by atoms with E-state index in [0.29, 0.717) is 6.04 Å². The van der Waals surface area contributed by atoms with Crippen molar-refractivity contribution in [2.75, 3.05) is 20.1 Å². The first-order valence-electron chi connectivity index (χ1n) is 8.48. The summed E-state index contributed by atoms with van der Waals surface area (Å²) in [4.78, 5) is 2.60. The van der Waals surface area contributed by atoms with Crippen molar-refractivity contribution in [1.29, 1.82) is 0 Å². The molecule has 2 fully saturated rings. The molecule has 2 bridgehead atoms. The fraction of sp³-hybridized carbons (Fsp3) is 1.00. The average Bonchev–Trinajstić information content (AvgIpc) is 2.89. The Bertz CT molecular complexity index is 264. The van der Waals surface area contributed by atoms with Gasteiger partial charge < -0.3 is 10.6 Å². The van der Waals surface area contributed by atoms with Crippen molar-refractivity contribution in [3.63, 3.8) is 0 Å². The highest BCUT2D eigenvalue weighted by atomic mass is 15.1. The molecule has 112 valence electrons. The Morgan fingerprint density at radius 2 is 1.95 bits per heavy atom. The van der Waals surface area contributed by atoms with Crippen molar-refractivity contribution >= 4 is 0 Å². The standard InChI is InChI=1S/C17H34N2/c1-13(5-4-6-14(2)18)11-19(3)12-17-10-15-7-8-16(17)9-15/h13-17H,4-12,18H2,1-3H3. The fourth-order valence-corrected chi connectivity index (χ4v) is 4.49. The Morgan fingerprint density at radius 3 is 2.53 bits per heavy atom. The number of nitrogens with zero attached hydrogens (tertiary/aromatic N) is 1. The summed E-state index contributed by atoms with van der Waals surface area (Å²) >= 11 is 0. The molecule has 2 aliphatic carbocycles. The van der Waals surface area contributed by atoms with E-state index in [1.807, 2.05) is 0 Å².